The molecule has 4 nitrogen and oxygen atoms in total. The number of hydrogen-bond donors (Lipinski definition) is 1. The third kappa shape index (κ3) is 3.14. The van der Waals surface area contributed by atoms with Gasteiger partial charge in [0.05, 0.1) is 44.2 Å². The Bertz CT molecular complexity index is 943. The molecule has 3 aliphatic heterocycles. The maximum atomic E-state index is 6.74. The largest absolute Gasteiger partial charge is 0.466 e. The molecule has 0 aliphatic carbocycles. The van der Waals surface area contributed by atoms with Gasteiger partial charge in [-0.15, -0.1) is 0 Å². The highest BCUT2D eigenvalue weighted by Gasteiger charge is 2.52. The lowest BCUT2D eigenvalue weighted by molar-refractivity contribution is -0.908. The highest BCUT2D eigenvalue weighted by Crippen LogP contribution is 2.49. The van der Waals surface area contributed by atoms with E-state index in [1.54, 1.807) is 4.90 Å². The van der Waals surface area contributed by atoms with E-state index >= 15 is 0 Å². The Morgan fingerprint density at radius 3 is 2.72 bits per heavy atom. The average Bonchev–Trinajstić information content (AvgIpc) is 3.18. The summed E-state index contributed by atoms with van der Waals surface area (Å²) in [6, 6.07) is 15.6. The quantitative estimate of drug-likeness (QED) is 0.867. The number of quaternary nitrogens is 1. The van der Waals surface area contributed by atoms with Gasteiger partial charge in [0.15, 0.2) is 0 Å². The second-order valence-electron chi connectivity index (χ2n) is 9.02. The minimum Gasteiger partial charge on any atom is -0.466 e. The van der Waals surface area contributed by atoms with Gasteiger partial charge in [-0.2, -0.15) is 5.10 Å². The third-order valence-corrected chi connectivity index (χ3v) is 6.95. The molecule has 2 aromatic rings. The summed E-state index contributed by atoms with van der Waals surface area (Å²) in [5.74, 6) is 1.06. The normalized spacial score (nSPS) is 28.0. The van der Waals surface area contributed by atoms with Crippen molar-refractivity contribution >= 4 is 5.71 Å². The van der Waals surface area contributed by atoms with Crippen LogP contribution in [0.3, 0.4) is 0 Å². The number of ether oxygens (including phenoxy) is 1. The minimum atomic E-state index is -0.296. The summed E-state index contributed by atoms with van der Waals surface area (Å²) in [7, 11) is 0. The van der Waals surface area contributed by atoms with Crippen molar-refractivity contribution in [3.8, 4) is 5.75 Å². The second-order valence-corrected chi connectivity index (χ2v) is 9.02. The smallest absolute Gasteiger partial charge is 0.208 e. The first-order chi connectivity index (χ1) is 14.1. The molecule has 5 rings (SSSR count). The van der Waals surface area contributed by atoms with Crippen LogP contribution in [0.25, 0.3) is 0 Å². The van der Waals surface area contributed by atoms with Crippen LogP contribution >= 0.6 is 0 Å². The zero-order valence-electron chi connectivity index (χ0n) is 17.9. The number of hydrazone groups is 1. The fourth-order valence-electron chi connectivity index (χ4n) is 5.37. The SMILES string of the molecule is CCC[NH+]1CCC2(CC1)Oc1ccccc1[C@H]1CC(c3cc(C)ccc3C)=NN12. The van der Waals surface area contributed by atoms with E-state index in [1.807, 2.05) is 0 Å². The van der Waals surface area contributed by atoms with Gasteiger partial charge in [-0.3, -0.25) is 0 Å². The Hall–Kier alpha value is -2.33. The number of likely N-dealkylation sites (tertiary alicyclic amines) is 1. The molecule has 0 amide bonds. The first-order valence-electron chi connectivity index (χ1n) is 11.2. The van der Waals surface area contributed by atoms with E-state index in [9.17, 15) is 0 Å². The standard InChI is InChI=1S/C25H31N3O/c1-4-13-27-14-11-25(12-15-27)28-23(20-7-5-6-8-24(20)29-25)17-22(26-28)21-16-18(2)9-10-19(21)3/h5-10,16,23H,4,11-15,17H2,1-3H3/p+1/t23-/m1/s1. The van der Waals surface area contributed by atoms with Crippen molar-refractivity contribution < 1.29 is 9.64 Å². The van der Waals surface area contributed by atoms with Crippen LogP contribution in [0.15, 0.2) is 47.6 Å². The molecule has 0 saturated carbocycles. The summed E-state index contributed by atoms with van der Waals surface area (Å²) in [4.78, 5) is 1.70. The van der Waals surface area contributed by atoms with Crippen molar-refractivity contribution in [1.82, 2.24) is 5.01 Å². The summed E-state index contributed by atoms with van der Waals surface area (Å²) in [6.45, 7) is 10.2. The molecule has 29 heavy (non-hydrogen) atoms. The molecule has 1 fully saturated rings. The lowest BCUT2D eigenvalue weighted by atomic mass is 9.90. The molecule has 3 heterocycles. The van der Waals surface area contributed by atoms with Crippen molar-refractivity contribution in [3.05, 3.63) is 64.7 Å². The molecule has 3 aliphatic rings. The number of piperidine rings is 1. The van der Waals surface area contributed by atoms with Crippen LogP contribution in [0.5, 0.6) is 5.75 Å². The Labute approximate surface area is 174 Å². The molecule has 0 unspecified atom stereocenters. The van der Waals surface area contributed by atoms with Crippen molar-refractivity contribution in [3.63, 3.8) is 0 Å². The Kier molecular flexibility index (Phi) is 4.62. The molecular weight excluding hydrogens is 358 g/mol. The predicted octanol–water partition coefficient (Wildman–Crippen LogP) is 3.63. The number of para-hydroxylation sites is 1. The van der Waals surface area contributed by atoms with Gasteiger partial charge in [0, 0.05) is 17.5 Å². The Balaban J connectivity index is 1.54. The summed E-state index contributed by atoms with van der Waals surface area (Å²) in [5.41, 5.74) is 6.09. The summed E-state index contributed by atoms with van der Waals surface area (Å²) in [5, 5.41) is 7.59. The molecule has 4 heteroatoms. The van der Waals surface area contributed by atoms with Gasteiger partial charge in [-0.1, -0.05) is 42.8 Å². The van der Waals surface area contributed by atoms with Gasteiger partial charge < -0.3 is 9.64 Å². The topological polar surface area (TPSA) is 29.3 Å². The van der Waals surface area contributed by atoms with E-state index in [-0.39, 0.29) is 11.8 Å². The lowest BCUT2D eigenvalue weighted by Crippen LogP contribution is -3.14. The summed E-state index contributed by atoms with van der Waals surface area (Å²) < 4.78 is 6.74. The van der Waals surface area contributed by atoms with Crippen LogP contribution < -0.4 is 9.64 Å². The number of aryl methyl sites for hydroxylation is 2. The molecular formula is C25H32N3O+. The second kappa shape index (κ2) is 7.17. The van der Waals surface area contributed by atoms with Gasteiger partial charge in [-0.25, -0.2) is 5.01 Å². The zero-order valence-corrected chi connectivity index (χ0v) is 17.9. The minimum absolute atomic E-state index is 0.280. The summed E-state index contributed by atoms with van der Waals surface area (Å²) in [6.07, 6.45) is 4.28. The molecule has 1 saturated heterocycles. The monoisotopic (exact) mass is 390 g/mol. The first kappa shape index (κ1) is 18.7. The molecule has 0 bridgehead atoms. The Morgan fingerprint density at radius 2 is 1.93 bits per heavy atom. The molecule has 152 valence electrons. The van der Waals surface area contributed by atoms with Crippen molar-refractivity contribution in [2.45, 2.75) is 58.2 Å². The Morgan fingerprint density at radius 1 is 1.14 bits per heavy atom. The van der Waals surface area contributed by atoms with Gasteiger partial charge in [0.2, 0.25) is 5.72 Å². The fraction of sp³-hybridized carbons (Fsp3) is 0.480. The summed E-state index contributed by atoms with van der Waals surface area (Å²) >= 11 is 0. The van der Waals surface area contributed by atoms with Crippen LogP contribution in [0.1, 0.15) is 60.9 Å². The fourth-order valence-corrected chi connectivity index (χ4v) is 5.37. The molecule has 0 radical (unpaired) electrons. The van der Waals surface area contributed by atoms with E-state index in [1.165, 1.54) is 40.9 Å². The van der Waals surface area contributed by atoms with E-state index in [0.29, 0.717) is 0 Å². The number of nitrogens with one attached hydrogen (secondary N) is 1. The third-order valence-electron chi connectivity index (χ3n) is 6.95. The number of fused-ring (bicyclic) bond motifs is 4. The van der Waals surface area contributed by atoms with Crippen LogP contribution in [0.2, 0.25) is 0 Å². The van der Waals surface area contributed by atoms with Crippen molar-refractivity contribution in [1.29, 1.82) is 0 Å². The van der Waals surface area contributed by atoms with E-state index in [2.05, 4.69) is 68.2 Å². The molecule has 1 N–H and O–H groups in total. The number of hydrogen-bond acceptors (Lipinski definition) is 3. The van der Waals surface area contributed by atoms with Crippen molar-refractivity contribution in [2.75, 3.05) is 19.6 Å². The maximum Gasteiger partial charge on any atom is 0.208 e. The highest BCUT2D eigenvalue weighted by molar-refractivity contribution is 6.03. The van der Waals surface area contributed by atoms with Crippen molar-refractivity contribution in [2.24, 2.45) is 5.10 Å². The van der Waals surface area contributed by atoms with Gasteiger partial charge in [0.1, 0.15) is 5.75 Å². The lowest BCUT2D eigenvalue weighted by Gasteiger charge is -2.50. The van der Waals surface area contributed by atoms with Crippen LogP contribution in [0.4, 0.5) is 0 Å². The van der Waals surface area contributed by atoms with Gasteiger partial charge >= 0.3 is 0 Å². The molecule has 2 aromatic carbocycles. The van der Waals surface area contributed by atoms with Gasteiger partial charge in [0.25, 0.3) is 0 Å². The highest BCUT2D eigenvalue weighted by atomic mass is 16.5. The number of rotatable bonds is 3. The molecule has 1 spiro atoms. The number of benzene rings is 2. The maximum absolute atomic E-state index is 6.74. The number of nitrogens with zero attached hydrogens (tertiary/aromatic N) is 2. The van der Waals surface area contributed by atoms with E-state index in [4.69, 9.17) is 9.84 Å². The predicted molar refractivity (Wildman–Crippen MR) is 117 cm³/mol. The van der Waals surface area contributed by atoms with E-state index < -0.39 is 0 Å². The van der Waals surface area contributed by atoms with Gasteiger partial charge in [-0.05, 0) is 38.0 Å². The first-order valence-corrected chi connectivity index (χ1v) is 11.2. The van der Waals surface area contributed by atoms with Crippen LogP contribution in [-0.4, -0.2) is 36.1 Å². The average molecular weight is 391 g/mol. The molecule has 1 atom stereocenters. The zero-order chi connectivity index (χ0) is 20.0. The van der Waals surface area contributed by atoms with Crippen LogP contribution in [-0.2, 0) is 0 Å². The van der Waals surface area contributed by atoms with E-state index in [0.717, 1.165) is 38.1 Å². The molecule has 0 aromatic heterocycles. The van der Waals surface area contributed by atoms with Crippen LogP contribution in [0, 0.1) is 13.8 Å².